The van der Waals surface area contributed by atoms with E-state index in [0.29, 0.717) is 19.8 Å². The molecule has 2 aliphatic rings. The van der Waals surface area contributed by atoms with Gasteiger partial charge in [0, 0.05) is 25.7 Å². The van der Waals surface area contributed by atoms with E-state index in [-0.39, 0.29) is 23.7 Å². The Kier molecular flexibility index (Phi) is 5.40. The first-order valence-electron chi connectivity index (χ1n) is 7.69. The molecule has 2 N–H and O–H groups in total. The quantitative estimate of drug-likeness (QED) is 0.808. The van der Waals surface area contributed by atoms with E-state index in [2.05, 4.69) is 5.32 Å². The fourth-order valence-corrected chi connectivity index (χ4v) is 3.42. The van der Waals surface area contributed by atoms with Crippen LogP contribution in [-0.2, 0) is 14.3 Å². The Morgan fingerprint density at radius 2 is 1.80 bits per heavy atom. The number of amides is 1. The van der Waals surface area contributed by atoms with Crippen LogP contribution in [0.3, 0.4) is 0 Å². The Bertz CT molecular complexity index is 344. The van der Waals surface area contributed by atoms with Crippen molar-refractivity contribution in [3.8, 4) is 0 Å². The maximum atomic E-state index is 12.2. The molecule has 0 atom stereocenters. The number of rotatable bonds is 5. The molecule has 20 heavy (non-hydrogen) atoms. The molecule has 1 aliphatic carbocycles. The fourth-order valence-electron chi connectivity index (χ4n) is 3.42. The topological polar surface area (TPSA) is 75.6 Å². The largest absolute Gasteiger partial charge is 0.481 e. The van der Waals surface area contributed by atoms with Gasteiger partial charge in [0.05, 0.1) is 6.42 Å². The molecule has 0 spiro atoms. The molecule has 0 aromatic rings. The molecule has 2 rings (SSSR count). The summed E-state index contributed by atoms with van der Waals surface area (Å²) in [5.74, 6) is -0.648. The van der Waals surface area contributed by atoms with Crippen molar-refractivity contribution >= 4 is 11.9 Å². The summed E-state index contributed by atoms with van der Waals surface area (Å²) >= 11 is 0. The maximum Gasteiger partial charge on any atom is 0.303 e. The van der Waals surface area contributed by atoms with Crippen LogP contribution in [0.4, 0.5) is 0 Å². The SMILES string of the molecule is O=C(O)CC1(CNC(=O)C2CCOCC2)CCCCC1. The van der Waals surface area contributed by atoms with Crippen LogP contribution < -0.4 is 5.32 Å². The zero-order chi connectivity index (χ0) is 14.4. The Hall–Kier alpha value is -1.10. The summed E-state index contributed by atoms with van der Waals surface area (Å²) in [5, 5.41) is 12.1. The first kappa shape index (κ1) is 15.3. The van der Waals surface area contributed by atoms with E-state index in [1.165, 1.54) is 6.42 Å². The summed E-state index contributed by atoms with van der Waals surface area (Å²) in [5.41, 5.74) is -0.231. The molecule has 0 radical (unpaired) electrons. The third-order valence-electron chi connectivity index (χ3n) is 4.67. The second-order valence-electron chi connectivity index (χ2n) is 6.24. The van der Waals surface area contributed by atoms with Crippen LogP contribution in [0.25, 0.3) is 0 Å². The molecule has 0 aromatic heterocycles. The van der Waals surface area contributed by atoms with Gasteiger partial charge in [0.25, 0.3) is 0 Å². The molecule has 2 fully saturated rings. The summed E-state index contributed by atoms with van der Waals surface area (Å²) in [6, 6.07) is 0. The zero-order valence-corrected chi connectivity index (χ0v) is 12.0. The van der Waals surface area contributed by atoms with Crippen molar-refractivity contribution in [2.75, 3.05) is 19.8 Å². The van der Waals surface area contributed by atoms with Crippen molar-refractivity contribution in [1.29, 1.82) is 0 Å². The molecule has 114 valence electrons. The molecule has 1 saturated carbocycles. The minimum atomic E-state index is -0.757. The Morgan fingerprint density at radius 1 is 1.15 bits per heavy atom. The minimum absolute atomic E-state index is 0.0363. The molecule has 1 saturated heterocycles. The van der Waals surface area contributed by atoms with Crippen molar-refractivity contribution in [3.05, 3.63) is 0 Å². The number of hydrogen-bond donors (Lipinski definition) is 2. The summed E-state index contributed by atoms with van der Waals surface area (Å²) in [6.07, 6.45) is 6.85. The van der Waals surface area contributed by atoms with E-state index >= 15 is 0 Å². The number of hydrogen-bond acceptors (Lipinski definition) is 3. The lowest BCUT2D eigenvalue weighted by atomic mass is 9.71. The number of ether oxygens (including phenoxy) is 1. The Labute approximate surface area is 120 Å². The highest BCUT2D eigenvalue weighted by atomic mass is 16.5. The normalized spacial score (nSPS) is 23.2. The molecule has 5 heteroatoms. The van der Waals surface area contributed by atoms with Gasteiger partial charge in [-0.1, -0.05) is 19.3 Å². The van der Waals surface area contributed by atoms with Gasteiger partial charge in [-0.05, 0) is 31.1 Å². The van der Waals surface area contributed by atoms with E-state index in [1.54, 1.807) is 0 Å². The smallest absolute Gasteiger partial charge is 0.303 e. The molecule has 5 nitrogen and oxygen atoms in total. The van der Waals surface area contributed by atoms with Gasteiger partial charge in [0.2, 0.25) is 5.91 Å². The molecule has 0 bridgehead atoms. The first-order chi connectivity index (χ1) is 9.61. The van der Waals surface area contributed by atoms with E-state index in [4.69, 9.17) is 9.84 Å². The highest BCUT2D eigenvalue weighted by Crippen LogP contribution is 2.38. The van der Waals surface area contributed by atoms with Gasteiger partial charge < -0.3 is 15.2 Å². The lowest BCUT2D eigenvalue weighted by Crippen LogP contribution is -2.43. The van der Waals surface area contributed by atoms with Gasteiger partial charge in [-0.2, -0.15) is 0 Å². The van der Waals surface area contributed by atoms with Crippen molar-refractivity contribution < 1.29 is 19.4 Å². The predicted molar refractivity (Wildman–Crippen MR) is 74.3 cm³/mol. The van der Waals surface area contributed by atoms with Gasteiger partial charge in [-0.25, -0.2) is 0 Å². The first-order valence-corrected chi connectivity index (χ1v) is 7.69. The van der Waals surface area contributed by atoms with Gasteiger partial charge in [0.15, 0.2) is 0 Å². The average molecular weight is 283 g/mol. The average Bonchev–Trinajstić information content (AvgIpc) is 2.46. The standard InChI is InChI=1S/C15H25NO4/c17-13(18)10-15(6-2-1-3-7-15)11-16-14(19)12-4-8-20-9-5-12/h12H,1-11H2,(H,16,19)(H,17,18). The molecule has 0 unspecified atom stereocenters. The van der Waals surface area contributed by atoms with Gasteiger partial charge >= 0.3 is 5.97 Å². The lowest BCUT2D eigenvalue weighted by Gasteiger charge is -2.36. The number of carboxylic acids is 1. The number of carbonyl (C=O) groups excluding carboxylic acids is 1. The highest BCUT2D eigenvalue weighted by Gasteiger charge is 2.35. The Balaban J connectivity index is 1.87. The fraction of sp³-hybridized carbons (Fsp3) is 0.867. The predicted octanol–water partition coefficient (Wildman–Crippen LogP) is 1.95. The summed E-state index contributed by atoms with van der Waals surface area (Å²) < 4.78 is 5.26. The van der Waals surface area contributed by atoms with Crippen LogP contribution in [0.2, 0.25) is 0 Å². The summed E-state index contributed by atoms with van der Waals surface area (Å²) in [6.45, 7) is 1.81. The number of aliphatic carboxylic acids is 1. The minimum Gasteiger partial charge on any atom is -0.481 e. The van der Waals surface area contributed by atoms with Gasteiger partial charge in [0.1, 0.15) is 0 Å². The third kappa shape index (κ3) is 4.20. The van der Waals surface area contributed by atoms with Crippen LogP contribution in [0, 0.1) is 11.3 Å². The molecule has 0 aromatic carbocycles. The van der Waals surface area contributed by atoms with Crippen LogP contribution in [0.15, 0.2) is 0 Å². The third-order valence-corrected chi connectivity index (χ3v) is 4.67. The van der Waals surface area contributed by atoms with Crippen molar-refractivity contribution in [3.63, 3.8) is 0 Å². The Morgan fingerprint density at radius 3 is 2.40 bits per heavy atom. The number of carboxylic acid groups (broad SMARTS) is 1. The highest BCUT2D eigenvalue weighted by molar-refractivity contribution is 5.78. The number of carbonyl (C=O) groups is 2. The van der Waals surface area contributed by atoms with E-state index < -0.39 is 5.97 Å². The molecule has 1 heterocycles. The maximum absolute atomic E-state index is 12.2. The summed E-state index contributed by atoms with van der Waals surface area (Å²) in [4.78, 5) is 23.2. The van der Waals surface area contributed by atoms with Gasteiger partial charge in [-0.3, -0.25) is 9.59 Å². The lowest BCUT2D eigenvalue weighted by molar-refractivity contribution is -0.141. The monoisotopic (exact) mass is 283 g/mol. The van der Waals surface area contributed by atoms with Crippen molar-refractivity contribution in [1.82, 2.24) is 5.32 Å². The zero-order valence-electron chi connectivity index (χ0n) is 12.0. The summed E-state index contributed by atoms with van der Waals surface area (Å²) in [7, 11) is 0. The van der Waals surface area contributed by atoms with Gasteiger partial charge in [-0.15, -0.1) is 0 Å². The van der Waals surface area contributed by atoms with Crippen molar-refractivity contribution in [2.45, 2.75) is 51.4 Å². The molecular weight excluding hydrogens is 258 g/mol. The van der Waals surface area contributed by atoms with Crippen molar-refractivity contribution in [2.24, 2.45) is 11.3 Å². The second kappa shape index (κ2) is 7.07. The molecular formula is C15H25NO4. The number of nitrogens with one attached hydrogen (secondary N) is 1. The van der Waals surface area contributed by atoms with Crippen LogP contribution in [0.5, 0.6) is 0 Å². The van der Waals surface area contributed by atoms with E-state index in [9.17, 15) is 9.59 Å². The molecule has 1 aliphatic heterocycles. The van der Waals surface area contributed by atoms with E-state index in [0.717, 1.165) is 38.5 Å². The second-order valence-corrected chi connectivity index (χ2v) is 6.24. The van der Waals surface area contributed by atoms with E-state index in [1.807, 2.05) is 0 Å². The van der Waals surface area contributed by atoms with Crippen LogP contribution in [0.1, 0.15) is 51.4 Å². The van der Waals surface area contributed by atoms with Crippen LogP contribution >= 0.6 is 0 Å². The molecule has 1 amide bonds. The van der Waals surface area contributed by atoms with Crippen LogP contribution in [-0.4, -0.2) is 36.7 Å².